The van der Waals surface area contributed by atoms with E-state index in [4.69, 9.17) is 4.42 Å². The van der Waals surface area contributed by atoms with Crippen LogP contribution in [0.2, 0.25) is 0 Å². The molecule has 2 aliphatic heterocycles. The summed E-state index contributed by atoms with van der Waals surface area (Å²) in [6.45, 7) is 2.42. The molecular weight excluding hydrogens is 250 g/mol. The number of nitrogens with one attached hydrogen (secondary N) is 1. The fourth-order valence-corrected chi connectivity index (χ4v) is 3.00. The molecule has 7 nitrogen and oxygen atoms in total. The SMILES string of the molecule is O=C(c1ccc([N+](=O)[O-])o1)N1CCCC2CNCC21. The van der Waals surface area contributed by atoms with Crippen molar-refractivity contribution in [1.29, 1.82) is 0 Å². The second-order valence-electron chi connectivity index (χ2n) is 5.02. The predicted molar refractivity (Wildman–Crippen MR) is 65.8 cm³/mol. The van der Waals surface area contributed by atoms with Gasteiger partial charge in [-0.05, 0) is 24.8 Å². The van der Waals surface area contributed by atoms with Crippen molar-refractivity contribution in [3.05, 3.63) is 28.0 Å². The highest BCUT2D eigenvalue weighted by atomic mass is 16.6. The third-order valence-corrected chi connectivity index (χ3v) is 3.92. The molecule has 102 valence electrons. The van der Waals surface area contributed by atoms with Crippen LogP contribution in [0.15, 0.2) is 16.5 Å². The van der Waals surface area contributed by atoms with Gasteiger partial charge in [0.2, 0.25) is 0 Å². The number of nitrogens with zero attached hydrogens (tertiary/aromatic N) is 2. The number of nitro groups is 1. The standard InChI is InChI=1S/C12H15N3O4/c16-12(10-3-4-11(19-10)15(17)18)14-5-1-2-8-6-13-7-9(8)14/h3-4,8-9,13H,1-2,5-7H2. The number of carbonyl (C=O) groups excluding carboxylic acids is 1. The molecule has 7 heteroatoms. The van der Waals surface area contributed by atoms with Crippen LogP contribution in [0.25, 0.3) is 0 Å². The Hall–Kier alpha value is -1.89. The van der Waals surface area contributed by atoms with Gasteiger partial charge in [-0.15, -0.1) is 0 Å². The Morgan fingerprint density at radius 1 is 1.47 bits per heavy atom. The van der Waals surface area contributed by atoms with Gasteiger partial charge in [0.15, 0.2) is 5.76 Å². The Kier molecular flexibility index (Phi) is 2.98. The van der Waals surface area contributed by atoms with Gasteiger partial charge in [0.1, 0.15) is 4.92 Å². The zero-order valence-electron chi connectivity index (χ0n) is 10.4. The normalized spacial score (nSPS) is 26.2. The second-order valence-corrected chi connectivity index (χ2v) is 5.02. The minimum atomic E-state index is -0.632. The van der Waals surface area contributed by atoms with Gasteiger partial charge in [0.05, 0.1) is 6.07 Å². The molecule has 2 atom stereocenters. The number of piperidine rings is 1. The van der Waals surface area contributed by atoms with Crippen LogP contribution in [-0.2, 0) is 0 Å². The van der Waals surface area contributed by atoms with E-state index >= 15 is 0 Å². The number of carbonyl (C=O) groups is 1. The Bertz CT molecular complexity index is 513. The lowest BCUT2D eigenvalue weighted by Crippen LogP contribution is -2.48. The third kappa shape index (κ3) is 2.10. The third-order valence-electron chi connectivity index (χ3n) is 3.92. The number of rotatable bonds is 2. The van der Waals surface area contributed by atoms with Gasteiger partial charge >= 0.3 is 5.88 Å². The summed E-state index contributed by atoms with van der Waals surface area (Å²) in [5, 5.41) is 13.9. The smallest absolute Gasteiger partial charge is 0.395 e. The van der Waals surface area contributed by atoms with E-state index in [1.54, 1.807) is 4.90 Å². The van der Waals surface area contributed by atoms with Crippen LogP contribution in [0.5, 0.6) is 0 Å². The maximum atomic E-state index is 12.4. The van der Waals surface area contributed by atoms with Gasteiger partial charge in [-0.3, -0.25) is 14.9 Å². The minimum absolute atomic E-state index is 0.0549. The molecule has 3 heterocycles. The Labute approximate surface area is 109 Å². The summed E-state index contributed by atoms with van der Waals surface area (Å²) in [5.41, 5.74) is 0. The summed E-state index contributed by atoms with van der Waals surface area (Å²) in [6.07, 6.45) is 2.09. The van der Waals surface area contributed by atoms with E-state index in [1.807, 2.05) is 0 Å². The van der Waals surface area contributed by atoms with E-state index < -0.39 is 4.92 Å². The van der Waals surface area contributed by atoms with Gasteiger partial charge in [0.25, 0.3) is 5.91 Å². The first-order valence-electron chi connectivity index (χ1n) is 6.43. The minimum Gasteiger partial charge on any atom is -0.395 e. The summed E-state index contributed by atoms with van der Waals surface area (Å²) < 4.78 is 5.00. The lowest BCUT2D eigenvalue weighted by atomic mass is 9.92. The first kappa shape index (κ1) is 12.2. The van der Waals surface area contributed by atoms with E-state index in [0.717, 1.165) is 25.9 Å². The van der Waals surface area contributed by atoms with Crippen LogP contribution < -0.4 is 5.32 Å². The van der Waals surface area contributed by atoms with E-state index in [-0.39, 0.29) is 23.6 Å². The Morgan fingerprint density at radius 2 is 2.32 bits per heavy atom. The van der Waals surface area contributed by atoms with Crippen LogP contribution >= 0.6 is 0 Å². The monoisotopic (exact) mass is 265 g/mol. The molecule has 0 aromatic carbocycles. The Morgan fingerprint density at radius 3 is 3.05 bits per heavy atom. The molecule has 0 saturated carbocycles. The van der Waals surface area contributed by atoms with Crippen molar-refractivity contribution < 1.29 is 14.1 Å². The predicted octanol–water partition coefficient (Wildman–Crippen LogP) is 1.01. The topological polar surface area (TPSA) is 88.6 Å². The van der Waals surface area contributed by atoms with Gasteiger partial charge < -0.3 is 14.6 Å². The van der Waals surface area contributed by atoms with Crippen molar-refractivity contribution in [3.8, 4) is 0 Å². The van der Waals surface area contributed by atoms with Crippen molar-refractivity contribution in [3.63, 3.8) is 0 Å². The van der Waals surface area contributed by atoms with Crippen molar-refractivity contribution in [2.45, 2.75) is 18.9 Å². The lowest BCUT2D eigenvalue weighted by molar-refractivity contribution is -0.402. The highest BCUT2D eigenvalue weighted by molar-refractivity contribution is 5.92. The summed E-state index contributed by atoms with van der Waals surface area (Å²) >= 11 is 0. The molecule has 2 unspecified atom stereocenters. The van der Waals surface area contributed by atoms with Crippen LogP contribution in [0.3, 0.4) is 0 Å². The summed E-state index contributed by atoms with van der Waals surface area (Å²) in [5.74, 6) is -0.0881. The molecule has 0 radical (unpaired) electrons. The number of amides is 1. The molecule has 1 aromatic rings. The highest BCUT2D eigenvalue weighted by Crippen LogP contribution is 2.28. The van der Waals surface area contributed by atoms with Crippen LogP contribution in [0, 0.1) is 16.0 Å². The van der Waals surface area contributed by atoms with Crippen molar-refractivity contribution >= 4 is 11.8 Å². The van der Waals surface area contributed by atoms with E-state index in [9.17, 15) is 14.9 Å². The molecule has 0 bridgehead atoms. The Balaban J connectivity index is 1.80. The first-order valence-corrected chi connectivity index (χ1v) is 6.43. The molecule has 2 fully saturated rings. The zero-order chi connectivity index (χ0) is 13.4. The second kappa shape index (κ2) is 4.65. The lowest BCUT2D eigenvalue weighted by Gasteiger charge is -2.36. The maximum absolute atomic E-state index is 12.4. The number of fused-ring (bicyclic) bond motifs is 1. The number of hydrogen-bond donors (Lipinski definition) is 1. The largest absolute Gasteiger partial charge is 0.433 e. The van der Waals surface area contributed by atoms with E-state index in [2.05, 4.69) is 5.32 Å². The molecule has 0 aliphatic carbocycles. The van der Waals surface area contributed by atoms with Crippen LogP contribution in [-0.4, -0.2) is 41.4 Å². The first-order chi connectivity index (χ1) is 9.16. The number of likely N-dealkylation sites (tertiary alicyclic amines) is 1. The van der Waals surface area contributed by atoms with Gasteiger partial charge in [-0.25, -0.2) is 0 Å². The molecule has 0 spiro atoms. The molecule has 3 rings (SSSR count). The number of hydrogen-bond acceptors (Lipinski definition) is 5. The molecule has 1 amide bonds. The fourth-order valence-electron chi connectivity index (χ4n) is 3.00. The fraction of sp³-hybridized carbons (Fsp3) is 0.583. The maximum Gasteiger partial charge on any atom is 0.433 e. The van der Waals surface area contributed by atoms with Crippen molar-refractivity contribution in [1.82, 2.24) is 10.2 Å². The molecule has 1 aromatic heterocycles. The van der Waals surface area contributed by atoms with Crippen molar-refractivity contribution in [2.75, 3.05) is 19.6 Å². The molecular formula is C12H15N3O4. The molecule has 2 saturated heterocycles. The zero-order valence-corrected chi connectivity index (χ0v) is 10.4. The average molecular weight is 265 g/mol. The number of furan rings is 1. The summed E-state index contributed by atoms with van der Waals surface area (Å²) in [6, 6.07) is 2.79. The summed E-state index contributed by atoms with van der Waals surface area (Å²) in [7, 11) is 0. The van der Waals surface area contributed by atoms with Crippen LogP contribution in [0.1, 0.15) is 23.4 Å². The molecule has 19 heavy (non-hydrogen) atoms. The highest BCUT2D eigenvalue weighted by Gasteiger charge is 2.38. The van der Waals surface area contributed by atoms with Crippen LogP contribution in [0.4, 0.5) is 5.88 Å². The molecule has 1 N–H and O–H groups in total. The van der Waals surface area contributed by atoms with E-state index in [0.29, 0.717) is 12.5 Å². The summed E-state index contributed by atoms with van der Waals surface area (Å²) in [4.78, 5) is 24.1. The van der Waals surface area contributed by atoms with Crippen molar-refractivity contribution in [2.24, 2.45) is 5.92 Å². The van der Waals surface area contributed by atoms with Gasteiger partial charge in [-0.2, -0.15) is 0 Å². The molecule has 2 aliphatic rings. The average Bonchev–Trinajstić information content (AvgIpc) is 3.06. The van der Waals surface area contributed by atoms with Gasteiger partial charge in [-0.1, -0.05) is 0 Å². The van der Waals surface area contributed by atoms with Gasteiger partial charge in [0, 0.05) is 25.7 Å². The quantitative estimate of drug-likeness (QED) is 0.637. The van der Waals surface area contributed by atoms with E-state index in [1.165, 1.54) is 12.1 Å².